The molecule has 0 saturated carbocycles. The molecule has 2 aliphatic heterocycles. The number of hydrogen-bond acceptors (Lipinski definition) is 4. The highest BCUT2D eigenvalue weighted by atomic mass is 16.2. The Morgan fingerprint density at radius 3 is 2.53 bits per heavy atom. The Hall–Kier alpha value is -0.940. The van der Waals surface area contributed by atoms with Gasteiger partial charge < -0.3 is 10.2 Å². The van der Waals surface area contributed by atoms with Crippen molar-refractivity contribution < 1.29 is 9.59 Å². The smallest absolute Gasteiger partial charge is 0.219 e. The molecule has 108 valence electrons. The molecule has 0 aliphatic carbocycles. The van der Waals surface area contributed by atoms with Gasteiger partial charge in [-0.3, -0.25) is 14.5 Å². The first-order valence-electron chi connectivity index (χ1n) is 7.38. The van der Waals surface area contributed by atoms with Crippen molar-refractivity contribution >= 4 is 11.7 Å². The molecule has 1 N–H and O–H groups in total. The minimum Gasteiger partial charge on any atom is -0.340 e. The first-order chi connectivity index (χ1) is 9.16. The van der Waals surface area contributed by atoms with Crippen LogP contribution in [0.1, 0.15) is 26.2 Å². The number of carbonyl (C=O) groups is 2. The van der Waals surface area contributed by atoms with E-state index < -0.39 is 0 Å². The Morgan fingerprint density at radius 2 is 1.84 bits per heavy atom. The summed E-state index contributed by atoms with van der Waals surface area (Å²) in [6.45, 7) is 7.36. The lowest BCUT2D eigenvalue weighted by molar-refractivity contribution is -0.131. The van der Waals surface area contributed by atoms with Crippen LogP contribution in [-0.4, -0.2) is 67.3 Å². The molecule has 5 nitrogen and oxygen atoms in total. The van der Waals surface area contributed by atoms with Gasteiger partial charge in [-0.1, -0.05) is 0 Å². The first kappa shape index (κ1) is 14.5. The third kappa shape index (κ3) is 4.28. The van der Waals surface area contributed by atoms with Gasteiger partial charge in [-0.25, -0.2) is 0 Å². The number of nitrogens with zero attached hydrogens (tertiary/aromatic N) is 2. The molecule has 2 rings (SSSR count). The average Bonchev–Trinajstić information content (AvgIpc) is 2.68. The molecular weight excluding hydrogens is 242 g/mol. The van der Waals surface area contributed by atoms with Crippen LogP contribution in [0.15, 0.2) is 0 Å². The number of Topliss-reactive ketones (excluding diaryl/α,β-unsaturated/α-hetero) is 1. The maximum absolute atomic E-state index is 12.3. The second-order valence-electron chi connectivity index (χ2n) is 5.63. The van der Waals surface area contributed by atoms with Crippen LogP contribution in [0.2, 0.25) is 0 Å². The van der Waals surface area contributed by atoms with Crippen molar-refractivity contribution in [3.8, 4) is 0 Å². The number of rotatable bonds is 3. The van der Waals surface area contributed by atoms with Crippen molar-refractivity contribution in [1.82, 2.24) is 15.1 Å². The lowest BCUT2D eigenvalue weighted by atomic mass is 9.95. The fourth-order valence-corrected chi connectivity index (χ4v) is 2.91. The summed E-state index contributed by atoms with van der Waals surface area (Å²) in [5.41, 5.74) is 0. The Morgan fingerprint density at radius 1 is 1.11 bits per heavy atom. The third-order valence-electron chi connectivity index (χ3n) is 4.23. The van der Waals surface area contributed by atoms with Crippen LogP contribution in [0.5, 0.6) is 0 Å². The van der Waals surface area contributed by atoms with E-state index in [9.17, 15) is 9.59 Å². The topological polar surface area (TPSA) is 52.7 Å². The van der Waals surface area contributed by atoms with E-state index in [1.165, 1.54) is 0 Å². The highest BCUT2D eigenvalue weighted by Crippen LogP contribution is 2.15. The molecule has 1 amide bonds. The monoisotopic (exact) mass is 267 g/mol. The van der Waals surface area contributed by atoms with Gasteiger partial charge in [0.25, 0.3) is 0 Å². The average molecular weight is 267 g/mol. The summed E-state index contributed by atoms with van der Waals surface area (Å²) >= 11 is 0. The molecular formula is C14H25N3O2. The third-order valence-corrected chi connectivity index (χ3v) is 4.23. The van der Waals surface area contributed by atoms with Crippen LogP contribution in [0.3, 0.4) is 0 Å². The number of nitrogens with one attached hydrogen (secondary N) is 1. The van der Waals surface area contributed by atoms with E-state index in [0.717, 1.165) is 58.5 Å². The van der Waals surface area contributed by atoms with Crippen LogP contribution >= 0.6 is 0 Å². The van der Waals surface area contributed by atoms with Gasteiger partial charge in [0, 0.05) is 39.0 Å². The largest absolute Gasteiger partial charge is 0.340 e. The zero-order chi connectivity index (χ0) is 13.7. The van der Waals surface area contributed by atoms with Crippen LogP contribution in [0.25, 0.3) is 0 Å². The van der Waals surface area contributed by atoms with Crippen molar-refractivity contribution in [2.24, 2.45) is 5.92 Å². The fraction of sp³-hybridized carbons (Fsp3) is 0.857. The van der Waals surface area contributed by atoms with Gasteiger partial charge in [-0.05, 0) is 32.4 Å². The summed E-state index contributed by atoms with van der Waals surface area (Å²) in [5.74, 6) is 0.765. The summed E-state index contributed by atoms with van der Waals surface area (Å²) in [6.07, 6.45) is 3.11. The number of carbonyl (C=O) groups excluding carboxylic acids is 2. The summed E-state index contributed by atoms with van der Waals surface area (Å²) < 4.78 is 0. The second kappa shape index (κ2) is 7.01. The van der Waals surface area contributed by atoms with Gasteiger partial charge in [0.05, 0.1) is 6.54 Å². The van der Waals surface area contributed by atoms with Crippen molar-refractivity contribution in [2.75, 3.05) is 45.8 Å². The minimum absolute atomic E-state index is 0.140. The molecule has 1 unspecified atom stereocenters. The summed E-state index contributed by atoms with van der Waals surface area (Å²) in [4.78, 5) is 27.6. The fourth-order valence-electron chi connectivity index (χ4n) is 2.91. The number of piperazine rings is 1. The van der Waals surface area contributed by atoms with Crippen LogP contribution in [0.4, 0.5) is 0 Å². The maximum atomic E-state index is 12.3. The van der Waals surface area contributed by atoms with Crippen LogP contribution < -0.4 is 5.32 Å². The predicted molar refractivity (Wildman–Crippen MR) is 73.9 cm³/mol. The van der Waals surface area contributed by atoms with Crippen molar-refractivity contribution in [1.29, 1.82) is 0 Å². The van der Waals surface area contributed by atoms with E-state index >= 15 is 0 Å². The van der Waals surface area contributed by atoms with Crippen LogP contribution in [0, 0.1) is 5.92 Å². The van der Waals surface area contributed by atoms with Crippen LogP contribution in [-0.2, 0) is 9.59 Å². The first-order valence-corrected chi connectivity index (χ1v) is 7.38. The molecule has 0 radical (unpaired) electrons. The zero-order valence-electron chi connectivity index (χ0n) is 11.9. The van der Waals surface area contributed by atoms with E-state index in [4.69, 9.17) is 0 Å². The Bertz CT molecular complexity index is 317. The maximum Gasteiger partial charge on any atom is 0.219 e. The van der Waals surface area contributed by atoms with Gasteiger partial charge in [0.15, 0.2) is 0 Å². The second-order valence-corrected chi connectivity index (χ2v) is 5.63. The van der Waals surface area contributed by atoms with Crippen molar-refractivity contribution in [3.05, 3.63) is 0 Å². The van der Waals surface area contributed by atoms with Gasteiger partial charge in [-0.15, -0.1) is 0 Å². The van der Waals surface area contributed by atoms with Crippen molar-refractivity contribution in [3.63, 3.8) is 0 Å². The van der Waals surface area contributed by atoms with E-state index in [-0.39, 0.29) is 11.8 Å². The molecule has 0 aromatic carbocycles. The Balaban J connectivity index is 1.75. The Kier molecular flexibility index (Phi) is 5.34. The van der Waals surface area contributed by atoms with Gasteiger partial charge in [0.2, 0.25) is 5.91 Å². The normalized spacial score (nSPS) is 25.9. The highest BCUT2D eigenvalue weighted by molar-refractivity contribution is 5.83. The number of ketones is 1. The highest BCUT2D eigenvalue weighted by Gasteiger charge is 2.24. The summed E-state index contributed by atoms with van der Waals surface area (Å²) in [6, 6.07) is 0. The van der Waals surface area contributed by atoms with E-state index in [1.807, 2.05) is 4.90 Å². The number of hydrogen-bond donors (Lipinski definition) is 1. The minimum atomic E-state index is 0.140. The SMILES string of the molecule is CC(=O)N1CCN(CC(=O)C2CCCNCC2)CC1. The quantitative estimate of drug-likeness (QED) is 0.788. The van der Waals surface area contributed by atoms with E-state index in [1.54, 1.807) is 6.92 Å². The molecule has 2 saturated heterocycles. The van der Waals surface area contributed by atoms with Gasteiger partial charge >= 0.3 is 0 Å². The Labute approximate surface area is 115 Å². The van der Waals surface area contributed by atoms with E-state index in [2.05, 4.69) is 10.2 Å². The molecule has 1 atom stereocenters. The molecule has 5 heteroatoms. The molecule has 0 bridgehead atoms. The zero-order valence-corrected chi connectivity index (χ0v) is 11.9. The number of amides is 1. The standard InChI is InChI=1S/C14H25N3O2/c1-12(18)17-9-7-16(8-10-17)11-14(19)13-3-2-5-15-6-4-13/h13,15H,2-11H2,1H3. The molecule has 2 fully saturated rings. The molecule has 0 spiro atoms. The molecule has 0 aromatic heterocycles. The van der Waals surface area contributed by atoms with Crippen molar-refractivity contribution in [2.45, 2.75) is 26.2 Å². The lowest BCUT2D eigenvalue weighted by Crippen LogP contribution is -2.49. The molecule has 2 heterocycles. The molecule has 2 aliphatic rings. The molecule has 0 aromatic rings. The van der Waals surface area contributed by atoms with Gasteiger partial charge in [-0.2, -0.15) is 0 Å². The lowest BCUT2D eigenvalue weighted by Gasteiger charge is -2.34. The summed E-state index contributed by atoms with van der Waals surface area (Å²) in [5, 5.41) is 3.34. The van der Waals surface area contributed by atoms with Gasteiger partial charge in [0.1, 0.15) is 5.78 Å². The summed E-state index contributed by atoms with van der Waals surface area (Å²) in [7, 11) is 0. The van der Waals surface area contributed by atoms with E-state index in [0.29, 0.717) is 12.3 Å². The molecule has 19 heavy (non-hydrogen) atoms. The predicted octanol–water partition coefficient (Wildman–Crippen LogP) is 0.109.